The van der Waals surface area contributed by atoms with Crippen molar-refractivity contribution in [3.8, 4) is 5.75 Å². The highest BCUT2D eigenvalue weighted by molar-refractivity contribution is 5.86. The van der Waals surface area contributed by atoms with Crippen molar-refractivity contribution in [1.82, 2.24) is 9.88 Å². The monoisotopic (exact) mass is 381 g/mol. The number of hydrogen-bond donors (Lipinski definition) is 1. The van der Waals surface area contributed by atoms with Crippen LogP contribution in [0.15, 0.2) is 51.7 Å². The Morgan fingerprint density at radius 2 is 1.86 bits per heavy atom. The van der Waals surface area contributed by atoms with Crippen molar-refractivity contribution in [2.45, 2.75) is 12.8 Å². The van der Waals surface area contributed by atoms with Gasteiger partial charge in [-0.2, -0.15) is 0 Å². The minimum absolute atomic E-state index is 0.168. The lowest BCUT2D eigenvalue weighted by atomic mass is 10.1. The molecule has 3 aromatic rings. The zero-order chi connectivity index (χ0) is 19.5. The highest BCUT2D eigenvalue weighted by atomic mass is 16.5. The Kier molecular flexibility index (Phi) is 5.06. The molecule has 1 saturated heterocycles. The average molecular weight is 381 g/mol. The topological polar surface area (TPSA) is 78.8 Å². The van der Waals surface area contributed by atoms with Crippen molar-refractivity contribution >= 4 is 22.7 Å². The number of aromatic amines is 1. The number of aromatic nitrogens is 1. The largest absolute Gasteiger partial charge is 0.497 e. The fourth-order valence-corrected chi connectivity index (χ4v) is 3.61. The van der Waals surface area contributed by atoms with Gasteiger partial charge in [-0.15, -0.1) is 0 Å². The molecule has 2 aromatic carbocycles. The highest BCUT2D eigenvalue weighted by Crippen LogP contribution is 2.26. The quantitative estimate of drug-likeness (QED) is 0.734. The molecular weight excluding hydrogens is 358 g/mol. The van der Waals surface area contributed by atoms with E-state index in [9.17, 15) is 9.59 Å². The van der Waals surface area contributed by atoms with Crippen molar-refractivity contribution in [1.29, 1.82) is 0 Å². The van der Waals surface area contributed by atoms with Gasteiger partial charge in [-0.1, -0.05) is 18.2 Å². The van der Waals surface area contributed by atoms with E-state index in [1.165, 1.54) is 0 Å². The number of nitrogens with one attached hydrogen (secondary N) is 1. The summed E-state index contributed by atoms with van der Waals surface area (Å²) < 4.78 is 10.4. The molecule has 0 saturated carbocycles. The molecule has 146 valence electrons. The first-order valence-electron chi connectivity index (χ1n) is 9.41. The molecule has 0 radical (unpaired) electrons. The van der Waals surface area contributed by atoms with Crippen LogP contribution >= 0.6 is 0 Å². The third-order valence-corrected chi connectivity index (χ3v) is 5.19. The van der Waals surface area contributed by atoms with Crippen molar-refractivity contribution in [2.75, 3.05) is 38.2 Å². The van der Waals surface area contributed by atoms with E-state index in [2.05, 4.69) is 9.88 Å². The van der Waals surface area contributed by atoms with Crippen molar-refractivity contribution in [2.24, 2.45) is 0 Å². The Morgan fingerprint density at radius 1 is 1.11 bits per heavy atom. The van der Waals surface area contributed by atoms with Gasteiger partial charge in [0.2, 0.25) is 5.91 Å². The van der Waals surface area contributed by atoms with Gasteiger partial charge in [0.1, 0.15) is 5.75 Å². The number of nitrogens with zero attached hydrogens (tertiary/aromatic N) is 2. The lowest BCUT2D eigenvalue weighted by Gasteiger charge is -2.36. The number of carbonyl (C=O) groups excluding carboxylic acids is 1. The van der Waals surface area contributed by atoms with Gasteiger partial charge in [0.15, 0.2) is 5.58 Å². The Bertz CT molecular complexity index is 1010. The molecule has 1 aliphatic rings. The number of amides is 1. The summed E-state index contributed by atoms with van der Waals surface area (Å²) in [6.45, 7) is 2.74. The van der Waals surface area contributed by atoms with E-state index >= 15 is 0 Å². The number of benzene rings is 2. The van der Waals surface area contributed by atoms with Crippen LogP contribution in [0.5, 0.6) is 5.75 Å². The Morgan fingerprint density at radius 3 is 2.57 bits per heavy atom. The smallest absolute Gasteiger partial charge is 0.417 e. The Balaban J connectivity index is 1.34. The van der Waals surface area contributed by atoms with E-state index in [1.54, 1.807) is 7.11 Å². The number of anilines is 1. The molecule has 0 aliphatic carbocycles. The molecule has 1 N–H and O–H groups in total. The molecule has 0 bridgehead atoms. The summed E-state index contributed by atoms with van der Waals surface area (Å²) in [7, 11) is 1.64. The molecule has 7 nitrogen and oxygen atoms in total. The number of fused-ring (bicyclic) bond motifs is 1. The lowest BCUT2D eigenvalue weighted by molar-refractivity contribution is -0.131. The molecule has 0 atom stereocenters. The van der Waals surface area contributed by atoms with Crippen molar-refractivity contribution in [3.63, 3.8) is 0 Å². The summed E-state index contributed by atoms with van der Waals surface area (Å²) in [4.78, 5) is 30.8. The van der Waals surface area contributed by atoms with Crippen LogP contribution in [-0.2, 0) is 11.2 Å². The van der Waals surface area contributed by atoms with Crippen LogP contribution in [0, 0.1) is 0 Å². The van der Waals surface area contributed by atoms with E-state index in [0.717, 1.165) is 23.4 Å². The number of ether oxygens (including phenoxy) is 1. The van der Waals surface area contributed by atoms with E-state index in [-0.39, 0.29) is 5.91 Å². The number of piperazine rings is 1. The predicted molar refractivity (Wildman–Crippen MR) is 107 cm³/mol. The van der Waals surface area contributed by atoms with Crippen LogP contribution in [0.3, 0.4) is 0 Å². The highest BCUT2D eigenvalue weighted by Gasteiger charge is 2.23. The van der Waals surface area contributed by atoms with Gasteiger partial charge in [-0.3, -0.25) is 9.78 Å². The Labute approximate surface area is 162 Å². The minimum Gasteiger partial charge on any atom is -0.497 e. The number of oxazole rings is 1. The molecule has 0 spiro atoms. The summed E-state index contributed by atoms with van der Waals surface area (Å²) >= 11 is 0. The number of rotatable bonds is 5. The van der Waals surface area contributed by atoms with E-state index in [4.69, 9.17) is 9.15 Å². The third kappa shape index (κ3) is 3.74. The molecule has 1 aromatic heterocycles. The molecule has 0 unspecified atom stereocenters. The van der Waals surface area contributed by atoms with Gasteiger partial charge < -0.3 is 19.0 Å². The van der Waals surface area contributed by atoms with Crippen LogP contribution in [-0.4, -0.2) is 49.1 Å². The predicted octanol–water partition coefficient (Wildman–Crippen LogP) is 2.41. The second-order valence-corrected chi connectivity index (χ2v) is 6.88. The maximum Gasteiger partial charge on any atom is 0.417 e. The van der Waals surface area contributed by atoms with Crippen LogP contribution in [0.1, 0.15) is 12.0 Å². The van der Waals surface area contributed by atoms with Gasteiger partial charge in [0, 0.05) is 32.6 Å². The van der Waals surface area contributed by atoms with Crippen LogP contribution < -0.4 is 15.4 Å². The lowest BCUT2D eigenvalue weighted by Crippen LogP contribution is -2.48. The number of aryl methyl sites for hydroxylation is 1. The average Bonchev–Trinajstić information content (AvgIpc) is 3.12. The third-order valence-electron chi connectivity index (χ3n) is 5.19. The van der Waals surface area contributed by atoms with Gasteiger partial charge in [-0.05, 0) is 36.2 Å². The summed E-state index contributed by atoms with van der Waals surface area (Å²) in [5.74, 6) is 0.538. The number of carbonyl (C=O) groups is 1. The maximum absolute atomic E-state index is 12.6. The maximum atomic E-state index is 12.6. The van der Waals surface area contributed by atoms with E-state index < -0.39 is 5.76 Å². The summed E-state index contributed by atoms with van der Waals surface area (Å²) in [5, 5.41) is 0. The molecule has 1 aliphatic heterocycles. The van der Waals surface area contributed by atoms with E-state index in [0.29, 0.717) is 43.7 Å². The zero-order valence-corrected chi connectivity index (χ0v) is 15.8. The number of methoxy groups -OCH3 is 1. The molecule has 4 rings (SSSR count). The molecule has 1 amide bonds. The van der Waals surface area contributed by atoms with E-state index in [1.807, 2.05) is 47.4 Å². The fourth-order valence-electron chi connectivity index (χ4n) is 3.61. The Hall–Kier alpha value is -3.22. The zero-order valence-electron chi connectivity index (χ0n) is 15.8. The summed E-state index contributed by atoms with van der Waals surface area (Å²) in [5.41, 5.74) is 3.29. The van der Waals surface area contributed by atoms with Gasteiger partial charge in [0.25, 0.3) is 0 Å². The second-order valence-electron chi connectivity index (χ2n) is 6.88. The molecule has 2 heterocycles. The summed E-state index contributed by atoms with van der Waals surface area (Å²) in [6.07, 6.45) is 1.21. The summed E-state index contributed by atoms with van der Waals surface area (Å²) in [6, 6.07) is 13.5. The standard InChI is InChI=1S/C21H23N3O4/c1-27-16-8-5-15(6-9-16)7-10-19(25)24-13-11-23(12-14-24)18-4-2-3-17-20(18)28-21(26)22-17/h2-6,8-9H,7,10-14H2,1H3,(H,22,26). The fraction of sp³-hybridized carbons (Fsp3) is 0.333. The first kappa shape index (κ1) is 18.2. The van der Waals surface area contributed by atoms with Crippen LogP contribution in [0.4, 0.5) is 5.69 Å². The van der Waals surface area contributed by atoms with Gasteiger partial charge in [-0.25, -0.2) is 4.79 Å². The van der Waals surface area contributed by atoms with Crippen LogP contribution in [0.2, 0.25) is 0 Å². The normalized spacial score (nSPS) is 14.5. The molecule has 28 heavy (non-hydrogen) atoms. The molecule has 1 fully saturated rings. The van der Waals surface area contributed by atoms with Gasteiger partial charge >= 0.3 is 5.76 Å². The first-order chi connectivity index (χ1) is 13.6. The van der Waals surface area contributed by atoms with Crippen LogP contribution in [0.25, 0.3) is 11.1 Å². The van der Waals surface area contributed by atoms with Crippen molar-refractivity contribution in [3.05, 3.63) is 58.6 Å². The SMILES string of the molecule is COc1ccc(CCC(=O)N2CCN(c3cccc4[nH]c(=O)oc34)CC2)cc1. The van der Waals surface area contributed by atoms with Crippen molar-refractivity contribution < 1.29 is 13.9 Å². The van der Waals surface area contributed by atoms with Gasteiger partial charge in [0.05, 0.1) is 18.3 Å². The minimum atomic E-state index is -0.449. The number of para-hydroxylation sites is 1. The number of H-pyrrole nitrogens is 1. The number of hydrogen-bond acceptors (Lipinski definition) is 5. The molecule has 7 heteroatoms. The first-order valence-corrected chi connectivity index (χ1v) is 9.41. The second kappa shape index (κ2) is 7.80. The molecular formula is C21H23N3O4.